The van der Waals surface area contributed by atoms with Gasteiger partial charge < -0.3 is 5.32 Å². The average Bonchev–Trinajstić information content (AvgIpc) is 2.05. The van der Waals surface area contributed by atoms with Crippen molar-refractivity contribution in [2.75, 3.05) is 12.4 Å². The molecule has 0 bridgehead atoms. The van der Waals surface area contributed by atoms with Gasteiger partial charge in [-0.2, -0.15) is 5.26 Å². The zero-order chi connectivity index (χ0) is 8.27. The Morgan fingerprint density at radius 3 is 2.91 bits per heavy atom. The van der Waals surface area contributed by atoms with Gasteiger partial charge in [-0.25, -0.2) is 0 Å². The Morgan fingerprint density at radius 1 is 1.64 bits per heavy atom. The summed E-state index contributed by atoms with van der Waals surface area (Å²) >= 11 is 0. The zero-order valence-corrected chi connectivity index (χ0v) is 6.55. The van der Waals surface area contributed by atoms with Crippen molar-refractivity contribution in [1.29, 1.82) is 5.26 Å². The summed E-state index contributed by atoms with van der Waals surface area (Å²) in [5.74, 6) is 0. The molecule has 3 heteroatoms. The number of aryl methyl sites for hydroxylation is 1. The summed E-state index contributed by atoms with van der Waals surface area (Å²) in [4.78, 5) is 4.04. The monoisotopic (exact) mass is 147 g/mol. The number of nitrogens with one attached hydrogen (secondary N) is 1. The van der Waals surface area contributed by atoms with E-state index in [9.17, 15) is 0 Å². The van der Waals surface area contributed by atoms with Gasteiger partial charge in [-0.1, -0.05) is 0 Å². The van der Waals surface area contributed by atoms with E-state index in [1.807, 2.05) is 20.0 Å². The standard InChI is InChI=1S/C8H9N3/c1-6-8(10-2)3-7(4-9)5-11-6/h3,5,10H,1-2H3. The third-order valence-corrected chi connectivity index (χ3v) is 1.49. The molecule has 56 valence electrons. The molecule has 0 spiro atoms. The molecular formula is C8H9N3. The van der Waals surface area contributed by atoms with Crippen molar-refractivity contribution < 1.29 is 0 Å². The van der Waals surface area contributed by atoms with Gasteiger partial charge in [-0.15, -0.1) is 0 Å². The van der Waals surface area contributed by atoms with Crippen LogP contribution in [-0.4, -0.2) is 12.0 Å². The molecule has 0 aliphatic heterocycles. The minimum atomic E-state index is 0.583. The predicted octanol–water partition coefficient (Wildman–Crippen LogP) is 1.30. The first-order chi connectivity index (χ1) is 5.27. The van der Waals surface area contributed by atoms with Gasteiger partial charge in [0, 0.05) is 13.2 Å². The van der Waals surface area contributed by atoms with Crippen molar-refractivity contribution in [3.05, 3.63) is 23.5 Å². The number of pyridine rings is 1. The number of hydrogen-bond donors (Lipinski definition) is 1. The summed E-state index contributed by atoms with van der Waals surface area (Å²) in [7, 11) is 1.81. The van der Waals surface area contributed by atoms with Crippen LogP contribution in [0.2, 0.25) is 0 Å². The summed E-state index contributed by atoms with van der Waals surface area (Å²) in [6, 6.07) is 3.81. The molecule has 11 heavy (non-hydrogen) atoms. The highest BCUT2D eigenvalue weighted by Crippen LogP contribution is 2.11. The van der Waals surface area contributed by atoms with Crippen molar-refractivity contribution in [2.24, 2.45) is 0 Å². The van der Waals surface area contributed by atoms with E-state index in [2.05, 4.69) is 10.3 Å². The summed E-state index contributed by atoms with van der Waals surface area (Å²) in [6.07, 6.45) is 1.57. The van der Waals surface area contributed by atoms with Crippen LogP contribution in [-0.2, 0) is 0 Å². The molecule has 0 aromatic carbocycles. The van der Waals surface area contributed by atoms with Crippen molar-refractivity contribution in [1.82, 2.24) is 4.98 Å². The van der Waals surface area contributed by atoms with Crippen LogP contribution in [0, 0.1) is 18.3 Å². The third-order valence-electron chi connectivity index (χ3n) is 1.49. The molecule has 0 atom stereocenters. The normalized spacial score (nSPS) is 8.82. The molecule has 1 N–H and O–H groups in total. The Hall–Kier alpha value is -1.56. The fourth-order valence-corrected chi connectivity index (χ4v) is 0.847. The van der Waals surface area contributed by atoms with E-state index in [4.69, 9.17) is 5.26 Å². The van der Waals surface area contributed by atoms with Crippen LogP contribution in [0.15, 0.2) is 12.3 Å². The molecule has 0 fully saturated rings. The van der Waals surface area contributed by atoms with Crippen LogP contribution in [0.1, 0.15) is 11.3 Å². The van der Waals surface area contributed by atoms with Crippen LogP contribution in [0.3, 0.4) is 0 Å². The van der Waals surface area contributed by atoms with Crippen molar-refractivity contribution in [2.45, 2.75) is 6.92 Å². The first kappa shape index (κ1) is 7.55. The van der Waals surface area contributed by atoms with Gasteiger partial charge in [0.25, 0.3) is 0 Å². The lowest BCUT2D eigenvalue weighted by Gasteiger charge is -2.02. The molecule has 0 saturated heterocycles. The number of hydrogen-bond acceptors (Lipinski definition) is 3. The molecule has 1 aromatic rings. The lowest BCUT2D eigenvalue weighted by Crippen LogP contribution is -1.94. The highest BCUT2D eigenvalue weighted by molar-refractivity contribution is 5.50. The van der Waals surface area contributed by atoms with Crippen LogP contribution in [0.5, 0.6) is 0 Å². The quantitative estimate of drug-likeness (QED) is 0.651. The minimum Gasteiger partial charge on any atom is -0.387 e. The molecule has 3 nitrogen and oxygen atoms in total. The van der Waals surface area contributed by atoms with Gasteiger partial charge in [0.05, 0.1) is 16.9 Å². The van der Waals surface area contributed by atoms with E-state index in [1.165, 1.54) is 0 Å². The Labute approximate surface area is 65.7 Å². The Balaban J connectivity index is 3.15. The smallest absolute Gasteiger partial charge is 0.101 e. The van der Waals surface area contributed by atoms with Gasteiger partial charge in [0.15, 0.2) is 0 Å². The third kappa shape index (κ3) is 1.47. The van der Waals surface area contributed by atoms with E-state index in [-0.39, 0.29) is 0 Å². The summed E-state index contributed by atoms with van der Waals surface area (Å²) in [6.45, 7) is 1.90. The second-order valence-electron chi connectivity index (χ2n) is 2.22. The highest BCUT2D eigenvalue weighted by Gasteiger charge is 1.97. The van der Waals surface area contributed by atoms with Gasteiger partial charge in [-0.05, 0) is 13.0 Å². The molecule has 0 amide bonds. The number of nitrogens with zero attached hydrogens (tertiary/aromatic N) is 2. The van der Waals surface area contributed by atoms with E-state index in [1.54, 1.807) is 12.3 Å². The van der Waals surface area contributed by atoms with Gasteiger partial charge >= 0.3 is 0 Å². The Kier molecular flexibility index (Phi) is 2.07. The molecule has 0 saturated carbocycles. The largest absolute Gasteiger partial charge is 0.387 e. The number of rotatable bonds is 1. The molecule has 1 heterocycles. The first-order valence-corrected chi connectivity index (χ1v) is 3.32. The zero-order valence-electron chi connectivity index (χ0n) is 6.55. The topological polar surface area (TPSA) is 48.7 Å². The van der Waals surface area contributed by atoms with E-state index in [0.717, 1.165) is 11.4 Å². The van der Waals surface area contributed by atoms with E-state index >= 15 is 0 Å². The molecule has 0 aliphatic rings. The molecule has 1 rings (SSSR count). The first-order valence-electron chi connectivity index (χ1n) is 3.32. The molecule has 0 unspecified atom stereocenters. The van der Waals surface area contributed by atoms with E-state index < -0.39 is 0 Å². The van der Waals surface area contributed by atoms with Crippen LogP contribution in [0.4, 0.5) is 5.69 Å². The second kappa shape index (κ2) is 3.02. The Bertz CT molecular complexity index is 299. The number of aromatic nitrogens is 1. The van der Waals surface area contributed by atoms with Crippen LogP contribution < -0.4 is 5.32 Å². The fourth-order valence-electron chi connectivity index (χ4n) is 0.847. The lowest BCUT2D eigenvalue weighted by atomic mass is 10.2. The molecule has 0 aliphatic carbocycles. The maximum atomic E-state index is 8.53. The molecule has 0 radical (unpaired) electrons. The fraction of sp³-hybridized carbons (Fsp3) is 0.250. The Morgan fingerprint density at radius 2 is 2.36 bits per heavy atom. The number of nitriles is 1. The van der Waals surface area contributed by atoms with Crippen molar-refractivity contribution >= 4 is 5.69 Å². The highest BCUT2D eigenvalue weighted by atomic mass is 14.9. The van der Waals surface area contributed by atoms with Gasteiger partial charge in [-0.3, -0.25) is 4.98 Å². The summed E-state index contributed by atoms with van der Waals surface area (Å²) in [5, 5.41) is 11.5. The summed E-state index contributed by atoms with van der Waals surface area (Å²) in [5.41, 5.74) is 2.40. The molecule has 1 aromatic heterocycles. The average molecular weight is 147 g/mol. The van der Waals surface area contributed by atoms with Gasteiger partial charge in [0.1, 0.15) is 6.07 Å². The van der Waals surface area contributed by atoms with Crippen LogP contribution >= 0.6 is 0 Å². The van der Waals surface area contributed by atoms with Crippen molar-refractivity contribution in [3.8, 4) is 6.07 Å². The maximum absolute atomic E-state index is 8.53. The molecular weight excluding hydrogens is 138 g/mol. The van der Waals surface area contributed by atoms with Crippen molar-refractivity contribution in [3.63, 3.8) is 0 Å². The number of anilines is 1. The SMILES string of the molecule is CNc1cc(C#N)cnc1C. The minimum absolute atomic E-state index is 0.583. The lowest BCUT2D eigenvalue weighted by molar-refractivity contribution is 1.18. The summed E-state index contributed by atoms with van der Waals surface area (Å²) < 4.78 is 0. The van der Waals surface area contributed by atoms with Crippen LogP contribution in [0.25, 0.3) is 0 Å². The van der Waals surface area contributed by atoms with E-state index in [0.29, 0.717) is 5.56 Å². The van der Waals surface area contributed by atoms with Gasteiger partial charge in [0.2, 0.25) is 0 Å². The maximum Gasteiger partial charge on any atom is 0.101 e. The predicted molar refractivity (Wildman–Crippen MR) is 43.2 cm³/mol. The second-order valence-corrected chi connectivity index (χ2v) is 2.22.